The molecule has 1 fully saturated rings. The summed E-state index contributed by atoms with van der Waals surface area (Å²) in [5.74, 6) is -0.774. The molecule has 1 saturated heterocycles. The Kier molecular flexibility index (Phi) is 7.73. The Hall–Kier alpha value is -4.85. The molecular weight excluding hydrogens is 498 g/mol. The lowest BCUT2D eigenvalue weighted by Gasteiger charge is -2.22. The van der Waals surface area contributed by atoms with Gasteiger partial charge in [0.2, 0.25) is 5.78 Å². The smallest absolute Gasteiger partial charge is 0.410 e. The Morgan fingerprint density at radius 3 is 2.49 bits per heavy atom. The van der Waals surface area contributed by atoms with Gasteiger partial charge in [0.15, 0.2) is 6.61 Å². The number of aromatic hydroxyl groups is 1. The Morgan fingerprint density at radius 1 is 0.897 bits per heavy atom. The second-order valence-corrected chi connectivity index (χ2v) is 9.18. The number of amides is 1. The highest BCUT2D eigenvalue weighted by Crippen LogP contribution is 2.28. The number of phenolic OH excluding ortho intramolecular Hbond substituents is 1. The van der Waals surface area contributed by atoms with E-state index in [0.717, 1.165) is 16.3 Å². The summed E-state index contributed by atoms with van der Waals surface area (Å²) in [7, 11) is 0. The summed E-state index contributed by atoms with van der Waals surface area (Å²) in [6.07, 6.45) is 0.483. The molecule has 1 unspecified atom stereocenters. The molecule has 8 heteroatoms. The van der Waals surface area contributed by atoms with E-state index in [-0.39, 0.29) is 30.3 Å². The number of rotatable bonds is 8. The fourth-order valence-corrected chi connectivity index (χ4v) is 4.57. The Balaban J connectivity index is 1.18. The summed E-state index contributed by atoms with van der Waals surface area (Å²) >= 11 is 0. The van der Waals surface area contributed by atoms with Crippen LogP contribution < -0.4 is 9.47 Å². The SMILES string of the molecule is O=C(COc1cccc2ccccc12)c1ccc(OC(=O)C2CCCN2C(=O)OCc2ccccc2)cc1O. The third kappa shape index (κ3) is 6.01. The van der Waals surface area contributed by atoms with Crippen molar-refractivity contribution in [2.45, 2.75) is 25.5 Å². The van der Waals surface area contributed by atoms with Crippen molar-refractivity contribution in [2.75, 3.05) is 13.2 Å². The first-order chi connectivity index (χ1) is 19.0. The largest absolute Gasteiger partial charge is 0.507 e. The van der Waals surface area contributed by atoms with E-state index < -0.39 is 23.9 Å². The molecule has 0 bridgehead atoms. The van der Waals surface area contributed by atoms with Gasteiger partial charge in [0, 0.05) is 18.0 Å². The first kappa shape index (κ1) is 25.8. The van der Waals surface area contributed by atoms with Crippen molar-refractivity contribution in [1.29, 1.82) is 0 Å². The summed E-state index contributed by atoms with van der Waals surface area (Å²) in [4.78, 5) is 39.6. The highest BCUT2D eigenvalue weighted by molar-refractivity contribution is 6.00. The van der Waals surface area contributed by atoms with Crippen LogP contribution in [0.15, 0.2) is 91.0 Å². The third-order valence-corrected chi connectivity index (χ3v) is 6.56. The van der Waals surface area contributed by atoms with Crippen LogP contribution in [0.5, 0.6) is 17.2 Å². The average molecular weight is 526 g/mol. The number of carbonyl (C=O) groups excluding carboxylic acids is 3. The van der Waals surface area contributed by atoms with Crippen molar-refractivity contribution >= 4 is 28.6 Å². The predicted molar refractivity (Wildman–Crippen MR) is 144 cm³/mol. The number of nitrogens with zero attached hydrogens (tertiary/aromatic N) is 1. The number of ketones is 1. The van der Waals surface area contributed by atoms with Crippen molar-refractivity contribution in [3.05, 3.63) is 102 Å². The predicted octanol–water partition coefficient (Wildman–Crippen LogP) is 5.51. The van der Waals surface area contributed by atoms with Gasteiger partial charge in [0.1, 0.15) is 29.9 Å². The first-order valence-corrected chi connectivity index (χ1v) is 12.7. The molecule has 8 nitrogen and oxygen atoms in total. The second-order valence-electron chi connectivity index (χ2n) is 9.18. The van der Waals surface area contributed by atoms with E-state index in [1.54, 1.807) is 6.07 Å². The summed E-state index contributed by atoms with van der Waals surface area (Å²) in [5.41, 5.74) is 0.888. The molecule has 0 aromatic heterocycles. The van der Waals surface area contributed by atoms with Crippen LogP contribution in [0.1, 0.15) is 28.8 Å². The number of benzene rings is 4. The van der Waals surface area contributed by atoms with Gasteiger partial charge in [0.05, 0.1) is 5.56 Å². The molecule has 39 heavy (non-hydrogen) atoms. The number of esters is 1. The zero-order chi connectivity index (χ0) is 27.2. The first-order valence-electron chi connectivity index (χ1n) is 12.7. The number of carbonyl (C=O) groups is 3. The van der Waals surface area contributed by atoms with Crippen molar-refractivity contribution in [2.24, 2.45) is 0 Å². The second kappa shape index (κ2) is 11.7. The van der Waals surface area contributed by atoms with Crippen LogP contribution in [0.4, 0.5) is 4.79 Å². The van der Waals surface area contributed by atoms with Crippen LogP contribution in [0.2, 0.25) is 0 Å². The molecule has 0 spiro atoms. The monoisotopic (exact) mass is 525 g/mol. The number of fused-ring (bicyclic) bond motifs is 1. The molecule has 1 aliphatic heterocycles. The van der Waals surface area contributed by atoms with Gasteiger partial charge in [-0.1, -0.05) is 66.7 Å². The lowest BCUT2D eigenvalue weighted by atomic mass is 10.1. The van der Waals surface area contributed by atoms with E-state index in [2.05, 4.69) is 0 Å². The number of likely N-dealkylation sites (tertiary alicyclic amines) is 1. The molecule has 198 valence electrons. The van der Waals surface area contributed by atoms with E-state index >= 15 is 0 Å². The van der Waals surface area contributed by atoms with Gasteiger partial charge in [-0.15, -0.1) is 0 Å². The number of phenols is 1. The molecule has 0 saturated carbocycles. The quantitative estimate of drug-likeness (QED) is 0.184. The van der Waals surface area contributed by atoms with Crippen molar-refractivity contribution in [3.63, 3.8) is 0 Å². The normalized spacial score (nSPS) is 14.7. The van der Waals surface area contributed by atoms with Gasteiger partial charge in [0.25, 0.3) is 0 Å². The summed E-state index contributed by atoms with van der Waals surface area (Å²) in [6, 6.07) is 25.7. The van der Waals surface area contributed by atoms with Crippen LogP contribution in [0.3, 0.4) is 0 Å². The average Bonchev–Trinajstić information content (AvgIpc) is 3.46. The molecule has 1 N–H and O–H groups in total. The lowest BCUT2D eigenvalue weighted by molar-refractivity contribution is -0.139. The summed E-state index contributed by atoms with van der Waals surface area (Å²) < 4.78 is 16.6. The maximum Gasteiger partial charge on any atom is 0.410 e. The molecule has 1 amide bonds. The fraction of sp³-hybridized carbons (Fsp3) is 0.194. The topological polar surface area (TPSA) is 102 Å². The number of Topliss-reactive ketones (excluding diaryl/α,β-unsaturated/α-hetero) is 1. The van der Waals surface area contributed by atoms with Gasteiger partial charge in [-0.05, 0) is 42.0 Å². The van der Waals surface area contributed by atoms with E-state index in [9.17, 15) is 19.5 Å². The van der Waals surface area contributed by atoms with Gasteiger partial charge in [-0.25, -0.2) is 9.59 Å². The van der Waals surface area contributed by atoms with Crippen LogP contribution >= 0.6 is 0 Å². The van der Waals surface area contributed by atoms with Crippen molar-refractivity contribution in [1.82, 2.24) is 4.90 Å². The van der Waals surface area contributed by atoms with E-state index in [1.165, 1.54) is 23.1 Å². The highest BCUT2D eigenvalue weighted by Gasteiger charge is 2.36. The molecule has 4 aromatic carbocycles. The molecule has 0 radical (unpaired) electrons. The molecule has 5 rings (SSSR count). The highest BCUT2D eigenvalue weighted by atomic mass is 16.6. The van der Waals surface area contributed by atoms with E-state index in [1.807, 2.05) is 66.7 Å². The maximum atomic E-state index is 12.9. The van der Waals surface area contributed by atoms with Crippen molar-refractivity contribution < 1.29 is 33.7 Å². The van der Waals surface area contributed by atoms with E-state index in [0.29, 0.717) is 25.1 Å². The summed E-state index contributed by atoms with van der Waals surface area (Å²) in [5, 5.41) is 12.3. The van der Waals surface area contributed by atoms with Crippen LogP contribution in [-0.2, 0) is 16.1 Å². The molecule has 0 aliphatic carbocycles. The number of ether oxygens (including phenoxy) is 3. The third-order valence-electron chi connectivity index (χ3n) is 6.56. The summed E-state index contributed by atoms with van der Waals surface area (Å²) in [6.45, 7) is 0.205. The molecule has 1 aliphatic rings. The Labute approximate surface area is 225 Å². The number of hydrogen-bond donors (Lipinski definition) is 1. The van der Waals surface area contributed by atoms with E-state index in [4.69, 9.17) is 14.2 Å². The minimum absolute atomic E-state index is 0.0435. The minimum Gasteiger partial charge on any atom is -0.507 e. The lowest BCUT2D eigenvalue weighted by Crippen LogP contribution is -2.42. The standard InChI is InChI=1S/C31H27NO7/c33-27-18-23(15-16-25(27)28(34)20-37-29-14-6-11-22-10-4-5-12-24(22)29)39-30(35)26-13-7-17-32(26)31(36)38-19-21-8-2-1-3-9-21/h1-6,8-12,14-16,18,26,33H,7,13,17,19-20H2. The molecular formula is C31H27NO7. The fourth-order valence-electron chi connectivity index (χ4n) is 4.57. The van der Waals surface area contributed by atoms with Crippen LogP contribution in [-0.4, -0.2) is 47.0 Å². The van der Waals surface area contributed by atoms with Crippen LogP contribution in [0.25, 0.3) is 10.8 Å². The molecule has 1 atom stereocenters. The van der Waals surface area contributed by atoms with Gasteiger partial charge < -0.3 is 19.3 Å². The Bertz CT molecular complexity index is 1500. The zero-order valence-corrected chi connectivity index (χ0v) is 21.1. The Morgan fingerprint density at radius 2 is 1.67 bits per heavy atom. The molecule has 4 aromatic rings. The maximum absolute atomic E-state index is 12.9. The minimum atomic E-state index is -0.800. The van der Waals surface area contributed by atoms with Crippen LogP contribution in [0, 0.1) is 0 Å². The van der Waals surface area contributed by atoms with Crippen molar-refractivity contribution in [3.8, 4) is 17.2 Å². The van der Waals surface area contributed by atoms with Gasteiger partial charge in [-0.3, -0.25) is 9.69 Å². The van der Waals surface area contributed by atoms with Gasteiger partial charge in [-0.2, -0.15) is 0 Å². The van der Waals surface area contributed by atoms with Gasteiger partial charge >= 0.3 is 12.1 Å². The zero-order valence-electron chi connectivity index (χ0n) is 21.1. The molecule has 1 heterocycles. The number of hydrogen-bond acceptors (Lipinski definition) is 7.